The SMILES string of the molecule is Cc1ccc(S(=O)(=O)N[C@@H](CCNN)COCc2ccccc2)c2ccccc12. The molecule has 29 heavy (non-hydrogen) atoms. The molecule has 0 amide bonds. The van der Waals surface area contributed by atoms with Crippen molar-refractivity contribution in [2.45, 2.75) is 30.9 Å². The molecule has 4 N–H and O–H groups in total. The number of benzene rings is 3. The van der Waals surface area contributed by atoms with Crippen molar-refractivity contribution in [2.75, 3.05) is 13.2 Å². The highest BCUT2D eigenvalue weighted by molar-refractivity contribution is 7.89. The van der Waals surface area contributed by atoms with E-state index in [0.29, 0.717) is 25.0 Å². The first-order valence-corrected chi connectivity index (χ1v) is 11.1. The van der Waals surface area contributed by atoms with Gasteiger partial charge in [-0.15, -0.1) is 0 Å². The minimum absolute atomic E-state index is 0.250. The van der Waals surface area contributed by atoms with Crippen LogP contribution in [0.25, 0.3) is 10.8 Å². The Kier molecular flexibility index (Phi) is 7.35. The van der Waals surface area contributed by atoms with Crippen LogP contribution >= 0.6 is 0 Å². The number of sulfonamides is 1. The van der Waals surface area contributed by atoms with Gasteiger partial charge >= 0.3 is 0 Å². The third-order valence-corrected chi connectivity index (χ3v) is 6.36. The number of nitrogens with two attached hydrogens (primary N) is 1. The van der Waals surface area contributed by atoms with Crippen LogP contribution in [0.15, 0.2) is 71.6 Å². The van der Waals surface area contributed by atoms with Gasteiger partial charge in [0.15, 0.2) is 0 Å². The molecule has 0 heterocycles. The highest BCUT2D eigenvalue weighted by atomic mass is 32.2. The van der Waals surface area contributed by atoms with Gasteiger partial charge in [0.1, 0.15) is 0 Å². The summed E-state index contributed by atoms with van der Waals surface area (Å²) < 4.78 is 34.9. The van der Waals surface area contributed by atoms with Gasteiger partial charge in [-0.05, 0) is 35.9 Å². The lowest BCUT2D eigenvalue weighted by Gasteiger charge is -2.20. The Balaban J connectivity index is 1.76. The van der Waals surface area contributed by atoms with Crippen molar-refractivity contribution >= 4 is 20.8 Å². The summed E-state index contributed by atoms with van der Waals surface area (Å²) in [5.41, 5.74) is 4.65. The van der Waals surface area contributed by atoms with Crippen molar-refractivity contribution < 1.29 is 13.2 Å². The lowest BCUT2D eigenvalue weighted by atomic mass is 10.1. The second-order valence-corrected chi connectivity index (χ2v) is 8.67. The van der Waals surface area contributed by atoms with Gasteiger partial charge in [0.2, 0.25) is 10.0 Å². The van der Waals surface area contributed by atoms with Crippen LogP contribution in [0.3, 0.4) is 0 Å². The third-order valence-electron chi connectivity index (χ3n) is 4.78. The summed E-state index contributed by atoms with van der Waals surface area (Å²) >= 11 is 0. The van der Waals surface area contributed by atoms with Crippen LogP contribution in [0, 0.1) is 6.92 Å². The molecule has 154 valence electrons. The van der Waals surface area contributed by atoms with Crippen LogP contribution < -0.4 is 16.0 Å². The highest BCUT2D eigenvalue weighted by Gasteiger charge is 2.22. The van der Waals surface area contributed by atoms with E-state index in [0.717, 1.165) is 16.5 Å². The minimum Gasteiger partial charge on any atom is -0.375 e. The largest absolute Gasteiger partial charge is 0.375 e. The summed E-state index contributed by atoms with van der Waals surface area (Å²) in [6, 6.07) is 20.4. The van der Waals surface area contributed by atoms with Gasteiger partial charge in [0.25, 0.3) is 0 Å². The number of fused-ring (bicyclic) bond motifs is 1. The van der Waals surface area contributed by atoms with Crippen molar-refractivity contribution in [3.05, 3.63) is 77.9 Å². The molecule has 0 aliphatic rings. The summed E-state index contributed by atoms with van der Waals surface area (Å²) in [4.78, 5) is 0.271. The number of aryl methyl sites for hydroxylation is 1. The molecule has 0 aromatic heterocycles. The first kappa shape index (κ1) is 21.4. The van der Waals surface area contributed by atoms with Crippen molar-refractivity contribution in [1.82, 2.24) is 10.1 Å². The monoisotopic (exact) mass is 413 g/mol. The molecule has 0 saturated carbocycles. The zero-order valence-corrected chi connectivity index (χ0v) is 17.3. The average Bonchev–Trinajstić information content (AvgIpc) is 2.73. The van der Waals surface area contributed by atoms with E-state index < -0.39 is 16.1 Å². The maximum absolute atomic E-state index is 13.1. The number of hydrogen-bond acceptors (Lipinski definition) is 5. The number of rotatable bonds is 10. The fourth-order valence-corrected chi connectivity index (χ4v) is 4.73. The molecule has 3 aromatic rings. The molecule has 0 aliphatic heterocycles. The molecule has 3 aromatic carbocycles. The smallest absolute Gasteiger partial charge is 0.241 e. The third kappa shape index (κ3) is 5.62. The summed E-state index contributed by atoms with van der Waals surface area (Å²) in [6.45, 7) is 3.11. The normalized spacial score (nSPS) is 12.9. The van der Waals surface area contributed by atoms with Gasteiger partial charge in [0.05, 0.1) is 18.1 Å². The fourth-order valence-electron chi connectivity index (χ4n) is 3.27. The van der Waals surface area contributed by atoms with Crippen molar-refractivity contribution in [1.29, 1.82) is 0 Å². The predicted octanol–water partition coefficient (Wildman–Crippen LogP) is 2.87. The molecule has 0 radical (unpaired) electrons. The molecule has 0 aliphatic carbocycles. The molecule has 0 fully saturated rings. The fraction of sp³-hybridized carbons (Fsp3) is 0.273. The van der Waals surface area contributed by atoms with E-state index in [4.69, 9.17) is 10.6 Å². The van der Waals surface area contributed by atoms with Gasteiger partial charge in [-0.3, -0.25) is 11.3 Å². The zero-order valence-electron chi connectivity index (χ0n) is 16.5. The van der Waals surface area contributed by atoms with E-state index >= 15 is 0 Å². The molecule has 1 atom stereocenters. The zero-order chi connectivity index (χ0) is 20.7. The maximum atomic E-state index is 13.1. The molecule has 6 nitrogen and oxygen atoms in total. The van der Waals surface area contributed by atoms with Crippen LogP contribution in [0.1, 0.15) is 17.5 Å². The van der Waals surface area contributed by atoms with Crippen LogP contribution in [-0.4, -0.2) is 27.6 Å². The van der Waals surface area contributed by atoms with E-state index in [9.17, 15) is 8.42 Å². The second-order valence-electron chi connectivity index (χ2n) is 6.99. The molecular formula is C22H27N3O3S. The number of hydrazine groups is 1. The van der Waals surface area contributed by atoms with E-state index in [1.807, 2.05) is 67.6 Å². The van der Waals surface area contributed by atoms with Gasteiger partial charge in [0, 0.05) is 18.0 Å². The average molecular weight is 414 g/mol. The molecule has 0 bridgehead atoms. The van der Waals surface area contributed by atoms with E-state index in [-0.39, 0.29) is 11.5 Å². The Morgan fingerprint density at radius 3 is 2.38 bits per heavy atom. The van der Waals surface area contributed by atoms with Crippen molar-refractivity contribution in [3.63, 3.8) is 0 Å². The Hall–Kier alpha value is -2.29. The van der Waals surface area contributed by atoms with Gasteiger partial charge in [-0.25, -0.2) is 13.1 Å². The standard InChI is InChI=1S/C22H27N3O3S/c1-17-11-12-22(21-10-6-5-9-20(17)21)29(26,27)25-19(13-14-24-23)16-28-15-18-7-3-2-4-8-18/h2-12,19,24-25H,13-16,23H2,1H3/t19-/m0/s1. The lowest BCUT2D eigenvalue weighted by Crippen LogP contribution is -2.41. The van der Waals surface area contributed by atoms with Crippen molar-refractivity contribution in [3.8, 4) is 0 Å². The van der Waals surface area contributed by atoms with Crippen LogP contribution in [0.4, 0.5) is 0 Å². The quantitative estimate of drug-likeness (QED) is 0.351. The number of hydrogen-bond donors (Lipinski definition) is 3. The van der Waals surface area contributed by atoms with Gasteiger partial charge in [-0.1, -0.05) is 60.7 Å². The molecule has 0 spiro atoms. The minimum atomic E-state index is -3.73. The Labute approximate surface area is 172 Å². The van der Waals surface area contributed by atoms with Crippen molar-refractivity contribution in [2.24, 2.45) is 5.84 Å². The first-order chi connectivity index (χ1) is 14.0. The maximum Gasteiger partial charge on any atom is 0.241 e. The van der Waals surface area contributed by atoms with Crippen LogP contribution in [0.2, 0.25) is 0 Å². The molecule has 7 heteroatoms. The van der Waals surface area contributed by atoms with Crippen LogP contribution in [-0.2, 0) is 21.4 Å². The number of ether oxygens (including phenoxy) is 1. The lowest BCUT2D eigenvalue weighted by molar-refractivity contribution is 0.102. The summed E-state index contributed by atoms with van der Waals surface area (Å²) in [6.07, 6.45) is 0.508. The van der Waals surface area contributed by atoms with E-state index in [2.05, 4.69) is 10.1 Å². The summed E-state index contributed by atoms with van der Waals surface area (Å²) in [7, 11) is -3.73. The summed E-state index contributed by atoms with van der Waals surface area (Å²) in [5.74, 6) is 5.39. The second kappa shape index (κ2) is 9.96. The number of nitrogens with one attached hydrogen (secondary N) is 2. The first-order valence-electron chi connectivity index (χ1n) is 9.57. The Morgan fingerprint density at radius 1 is 0.966 bits per heavy atom. The highest BCUT2D eigenvalue weighted by Crippen LogP contribution is 2.26. The topological polar surface area (TPSA) is 93.5 Å². The molecule has 3 rings (SSSR count). The van der Waals surface area contributed by atoms with E-state index in [1.165, 1.54) is 0 Å². The summed E-state index contributed by atoms with van der Waals surface area (Å²) in [5, 5.41) is 1.64. The molecule has 0 unspecified atom stereocenters. The molecule has 0 saturated heterocycles. The Bertz CT molecular complexity index is 1040. The predicted molar refractivity (Wildman–Crippen MR) is 116 cm³/mol. The van der Waals surface area contributed by atoms with Gasteiger partial charge in [-0.2, -0.15) is 0 Å². The van der Waals surface area contributed by atoms with Gasteiger partial charge < -0.3 is 4.74 Å². The molecular weight excluding hydrogens is 386 g/mol. The Morgan fingerprint density at radius 2 is 1.66 bits per heavy atom. The van der Waals surface area contributed by atoms with Crippen LogP contribution in [0.5, 0.6) is 0 Å². The van der Waals surface area contributed by atoms with E-state index in [1.54, 1.807) is 6.07 Å².